The Morgan fingerprint density at radius 2 is 1.75 bits per heavy atom. The smallest absolute Gasteiger partial charge is 0.0950 e. The average molecular weight is 269 g/mol. The van der Waals surface area contributed by atoms with Crippen LogP contribution in [-0.4, -0.2) is 49.2 Å². The Labute approximate surface area is 95.8 Å². The maximum atomic E-state index is 11.5. The van der Waals surface area contributed by atoms with Crippen LogP contribution in [0.3, 0.4) is 0 Å². The molecular weight excluding hydrogens is 253 g/mol. The minimum Gasteiger partial charge on any atom is -0.798 e. The van der Waals surface area contributed by atoms with E-state index < -0.39 is 29.4 Å². The summed E-state index contributed by atoms with van der Waals surface area (Å²) < 4.78 is 42.6. The molecule has 1 fully saturated rings. The Morgan fingerprint density at radius 3 is 2.25 bits per heavy atom. The standard InChI is InChI=1S/C8H18NO5PS/c10-15(11,6-7-16(12,13)14)8-9-4-2-1-3-5-9/h1-8H2,(H,10,11)(H,12,13,14)/p-2. The van der Waals surface area contributed by atoms with Crippen molar-refractivity contribution in [3.63, 3.8) is 0 Å². The van der Waals surface area contributed by atoms with Gasteiger partial charge in [-0.15, -0.1) is 0 Å². The molecule has 16 heavy (non-hydrogen) atoms. The van der Waals surface area contributed by atoms with E-state index in [9.17, 15) is 22.4 Å². The first-order valence-corrected chi connectivity index (χ1v) is 8.81. The predicted octanol–water partition coefficient (Wildman–Crippen LogP) is -0.387. The lowest BCUT2D eigenvalue weighted by atomic mass is 10.1. The van der Waals surface area contributed by atoms with Crippen LogP contribution in [-0.2, 0) is 14.7 Å². The largest absolute Gasteiger partial charge is 0.798 e. The molecule has 1 aliphatic heterocycles. The number of hydrogen-bond donors (Lipinski definition) is 0. The first-order chi connectivity index (χ1) is 7.29. The molecule has 96 valence electrons. The van der Waals surface area contributed by atoms with Crippen molar-refractivity contribution in [2.75, 3.05) is 31.3 Å². The molecule has 1 unspecified atom stereocenters. The second kappa shape index (κ2) is 5.60. The molecule has 1 heterocycles. The Kier molecular flexibility index (Phi) is 4.94. The van der Waals surface area contributed by atoms with Gasteiger partial charge in [0.2, 0.25) is 0 Å². The SMILES string of the molecule is O=P([O-])(CCS(=O)(=O)[O-])CN1CCCCC1. The molecule has 1 rings (SSSR count). The minimum atomic E-state index is -4.44. The molecule has 0 N–H and O–H groups in total. The second-order valence-corrected chi connectivity index (χ2v) is 8.00. The summed E-state index contributed by atoms with van der Waals surface area (Å²) in [5.41, 5.74) is 0. The van der Waals surface area contributed by atoms with Crippen molar-refractivity contribution < 1.29 is 22.4 Å². The molecule has 0 aromatic rings. The average Bonchev–Trinajstić information content (AvgIpc) is 2.15. The first-order valence-electron chi connectivity index (χ1n) is 5.23. The third-order valence-corrected chi connectivity index (χ3v) is 5.29. The fourth-order valence-corrected chi connectivity index (χ4v) is 4.77. The van der Waals surface area contributed by atoms with E-state index in [0.29, 0.717) is 0 Å². The molecule has 1 aliphatic rings. The van der Waals surface area contributed by atoms with Crippen LogP contribution >= 0.6 is 7.37 Å². The number of rotatable bonds is 5. The van der Waals surface area contributed by atoms with E-state index in [1.54, 1.807) is 4.90 Å². The van der Waals surface area contributed by atoms with Crippen LogP contribution in [0.5, 0.6) is 0 Å². The number of nitrogens with zero attached hydrogens (tertiary/aromatic N) is 1. The Morgan fingerprint density at radius 1 is 1.19 bits per heavy atom. The van der Waals surface area contributed by atoms with Crippen molar-refractivity contribution in [2.24, 2.45) is 0 Å². The van der Waals surface area contributed by atoms with Crippen molar-refractivity contribution in [1.82, 2.24) is 4.90 Å². The lowest BCUT2D eigenvalue weighted by Gasteiger charge is -2.33. The van der Waals surface area contributed by atoms with Gasteiger partial charge in [0.1, 0.15) is 0 Å². The number of likely N-dealkylation sites (tertiary alicyclic amines) is 1. The van der Waals surface area contributed by atoms with Gasteiger partial charge in [0, 0.05) is 25.6 Å². The summed E-state index contributed by atoms with van der Waals surface area (Å²) >= 11 is 0. The molecule has 1 saturated heterocycles. The van der Waals surface area contributed by atoms with Gasteiger partial charge in [-0.05, 0) is 25.9 Å². The lowest BCUT2D eigenvalue weighted by Crippen LogP contribution is -2.33. The highest BCUT2D eigenvalue weighted by molar-refractivity contribution is 7.86. The van der Waals surface area contributed by atoms with Crippen molar-refractivity contribution in [3.05, 3.63) is 0 Å². The quantitative estimate of drug-likeness (QED) is 0.498. The molecule has 0 aliphatic carbocycles. The van der Waals surface area contributed by atoms with Gasteiger partial charge in [-0.1, -0.05) is 6.42 Å². The molecule has 0 saturated carbocycles. The van der Waals surface area contributed by atoms with Crippen LogP contribution in [0.4, 0.5) is 0 Å². The van der Waals surface area contributed by atoms with E-state index in [-0.39, 0.29) is 6.29 Å². The van der Waals surface area contributed by atoms with E-state index in [1.165, 1.54) is 0 Å². The minimum absolute atomic E-state index is 0.109. The van der Waals surface area contributed by atoms with Crippen LogP contribution in [0.1, 0.15) is 19.3 Å². The van der Waals surface area contributed by atoms with Crippen molar-refractivity contribution in [3.8, 4) is 0 Å². The zero-order valence-corrected chi connectivity index (χ0v) is 10.7. The zero-order valence-electron chi connectivity index (χ0n) is 9.00. The summed E-state index contributed by atoms with van der Waals surface area (Å²) in [6.45, 7) is 1.46. The molecular formula is C8H16NO5PS-2. The number of hydrogen-bond acceptors (Lipinski definition) is 6. The van der Waals surface area contributed by atoms with Gasteiger partial charge in [0.25, 0.3) is 0 Å². The molecule has 0 aromatic carbocycles. The molecule has 6 nitrogen and oxygen atoms in total. The summed E-state index contributed by atoms with van der Waals surface area (Å²) in [5.74, 6) is -0.818. The highest BCUT2D eigenvalue weighted by Gasteiger charge is 2.17. The monoisotopic (exact) mass is 269 g/mol. The fraction of sp³-hybridized carbons (Fsp3) is 1.00. The maximum Gasteiger partial charge on any atom is 0.0950 e. The van der Waals surface area contributed by atoms with E-state index in [4.69, 9.17) is 0 Å². The molecule has 0 bridgehead atoms. The topological polar surface area (TPSA) is 101 Å². The number of piperidine rings is 1. The summed E-state index contributed by atoms with van der Waals surface area (Å²) in [6, 6.07) is 0. The van der Waals surface area contributed by atoms with Gasteiger partial charge in [-0.2, -0.15) is 0 Å². The predicted molar refractivity (Wildman–Crippen MR) is 57.3 cm³/mol. The molecule has 0 amide bonds. The van der Waals surface area contributed by atoms with Crippen LogP contribution in [0.25, 0.3) is 0 Å². The Bertz CT molecular complexity index is 363. The van der Waals surface area contributed by atoms with Gasteiger partial charge in [-0.25, -0.2) is 8.42 Å². The van der Waals surface area contributed by atoms with Crippen molar-refractivity contribution in [1.29, 1.82) is 0 Å². The molecule has 1 atom stereocenters. The summed E-state index contributed by atoms with van der Waals surface area (Å²) in [7, 11) is -8.20. The van der Waals surface area contributed by atoms with Crippen molar-refractivity contribution in [2.45, 2.75) is 19.3 Å². The Balaban J connectivity index is 2.41. The summed E-state index contributed by atoms with van der Waals surface area (Å²) in [4.78, 5) is 13.3. The van der Waals surface area contributed by atoms with Crippen LogP contribution < -0.4 is 4.89 Å². The van der Waals surface area contributed by atoms with Gasteiger partial charge < -0.3 is 14.0 Å². The molecule has 8 heteroatoms. The van der Waals surface area contributed by atoms with Crippen LogP contribution in [0, 0.1) is 0 Å². The third-order valence-electron chi connectivity index (χ3n) is 2.55. The van der Waals surface area contributed by atoms with E-state index in [1.807, 2.05) is 0 Å². The fourth-order valence-electron chi connectivity index (χ4n) is 1.73. The molecule has 0 radical (unpaired) electrons. The van der Waals surface area contributed by atoms with E-state index in [2.05, 4.69) is 0 Å². The van der Waals surface area contributed by atoms with Gasteiger partial charge in [0.15, 0.2) is 0 Å². The first kappa shape index (κ1) is 14.1. The highest BCUT2D eigenvalue weighted by Crippen LogP contribution is 2.36. The van der Waals surface area contributed by atoms with E-state index in [0.717, 1.165) is 32.4 Å². The van der Waals surface area contributed by atoms with Crippen molar-refractivity contribution >= 4 is 17.5 Å². The second-order valence-electron chi connectivity index (χ2n) is 4.12. The Hall–Kier alpha value is 0.0600. The maximum absolute atomic E-state index is 11.5. The van der Waals surface area contributed by atoms with Gasteiger partial charge in [-0.3, -0.25) is 4.90 Å². The normalized spacial score (nSPS) is 22.9. The highest BCUT2D eigenvalue weighted by atomic mass is 32.2. The summed E-state index contributed by atoms with van der Waals surface area (Å²) in [5, 5.41) is 0. The summed E-state index contributed by atoms with van der Waals surface area (Å²) in [6.07, 6.45) is 2.39. The van der Waals surface area contributed by atoms with Crippen LogP contribution in [0.2, 0.25) is 0 Å². The molecule has 0 aromatic heterocycles. The van der Waals surface area contributed by atoms with Gasteiger partial charge >= 0.3 is 0 Å². The third kappa shape index (κ3) is 5.96. The van der Waals surface area contributed by atoms with Gasteiger partial charge in [0.05, 0.1) is 10.1 Å². The zero-order chi connectivity index (χ0) is 12.2. The lowest BCUT2D eigenvalue weighted by molar-refractivity contribution is -0.177. The van der Waals surface area contributed by atoms with Crippen LogP contribution in [0.15, 0.2) is 0 Å². The molecule has 0 spiro atoms. The van der Waals surface area contributed by atoms with E-state index >= 15 is 0 Å².